The summed E-state index contributed by atoms with van der Waals surface area (Å²) in [5.74, 6) is 0.00773. The monoisotopic (exact) mass is 298 g/mol. The maximum Gasteiger partial charge on any atom is 0.181 e. The number of nitrogen functional groups attached to an aromatic ring is 1. The van der Waals surface area contributed by atoms with Crippen molar-refractivity contribution in [3.05, 3.63) is 23.8 Å². The molecule has 0 aliphatic carbocycles. The number of ether oxygens (including phenoxy) is 1. The Hall–Kier alpha value is -1.11. The first-order valence-electron chi connectivity index (χ1n) is 6.85. The zero-order chi connectivity index (χ0) is 14.8. The second kappa shape index (κ2) is 6.11. The Bertz CT molecular complexity index is 572. The molecular formula is C14H22N2O3S. The van der Waals surface area contributed by atoms with Crippen molar-refractivity contribution in [2.75, 3.05) is 37.7 Å². The number of likely N-dealkylation sites (N-methyl/N-ethyl adjacent to an activating group) is 1. The molecular weight excluding hydrogens is 276 g/mol. The van der Waals surface area contributed by atoms with Crippen molar-refractivity contribution in [3.63, 3.8) is 0 Å². The molecule has 6 heteroatoms. The Morgan fingerprint density at radius 1 is 1.45 bits per heavy atom. The largest absolute Gasteiger partial charge is 0.399 e. The first-order valence-corrected chi connectivity index (χ1v) is 8.50. The van der Waals surface area contributed by atoms with E-state index in [1.54, 1.807) is 19.1 Å². The van der Waals surface area contributed by atoms with Gasteiger partial charge in [-0.3, -0.25) is 4.90 Å². The average Bonchev–Trinajstić information content (AvgIpc) is 2.41. The molecule has 0 amide bonds. The predicted octanol–water partition coefficient (Wildman–Crippen LogP) is 1.07. The fourth-order valence-corrected chi connectivity index (χ4v) is 4.20. The highest BCUT2D eigenvalue weighted by molar-refractivity contribution is 7.91. The quantitative estimate of drug-likeness (QED) is 0.842. The smallest absolute Gasteiger partial charge is 0.181 e. The van der Waals surface area contributed by atoms with E-state index in [2.05, 4.69) is 11.8 Å². The summed E-state index contributed by atoms with van der Waals surface area (Å²) in [5.41, 5.74) is 6.89. The van der Waals surface area contributed by atoms with Crippen molar-refractivity contribution < 1.29 is 13.2 Å². The van der Waals surface area contributed by atoms with Crippen LogP contribution in [0.1, 0.15) is 12.5 Å². The molecule has 0 saturated carbocycles. The maximum absolute atomic E-state index is 12.5. The number of hydrogen-bond acceptors (Lipinski definition) is 5. The van der Waals surface area contributed by atoms with Gasteiger partial charge in [-0.2, -0.15) is 0 Å². The Morgan fingerprint density at radius 3 is 2.90 bits per heavy atom. The summed E-state index contributed by atoms with van der Waals surface area (Å²) in [6, 6.07) is 4.98. The molecule has 0 bridgehead atoms. The Labute approximate surface area is 120 Å². The van der Waals surface area contributed by atoms with Crippen molar-refractivity contribution in [1.29, 1.82) is 0 Å². The van der Waals surface area contributed by atoms with Crippen molar-refractivity contribution in [3.8, 4) is 0 Å². The molecule has 1 aliphatic heterocycles. The lowest BCUT2D eigenvalue weighted by Gasteiger charge is -2.31. The van der Waals surface area contributed by atoms with E-state index in [9.17, 15) is 8.42 Å². The van der Waals surface area contributed by atoms with E-state index in [1.807, 2.05) is 0 Å². The number of aryl methyl sites for hydroxylation is 1. The normalized spacial score (nSPS) is 21.0. The fraction of sp³-hybridized carbons (Fsp3) is 0.571. The number of nitrogens with zero attached hydrogens (tertiary/aromatic N) is 1. The highest BCUT2D eigenvalue weighted by atomic mass is 32.2. The van der Waals surface area contributed by atoms with E-state index in [1.165, 1.54) is 6.07 Å². The van der Waals surface area contributed by atoms with Crippen LogP contribution in [-0.4, -0.2) is 51.4 Å². The molecule has 0 radical (unpaired) electrons. The fourth-order valence-electron chi connectivity index (χ4n) is 2.45. The van der Waals surface area contributed by atoms with Crippen molar-refractivity contribution >= 4 is 15.5 Å². The van der Waals surface area contributed by atoms with E-state index >= 15 is 0 Å². The molecule has 1 saturated heterocycles. The van der Waals surface area contributed by atoms with Crippen LogP contribution in [-0.2, 0) is 14.6 Å². The van der Waals surface area contributed by atoms with Gasteiger partial charge in [-0.1, -0.05) is 13.0 Å². The van der Waals surface area contributed by atoms with Gasteiger partial charge in [-0.05, 0) is 31.2 Å². The topological polar surface area (TPSA) is 72.6 Å². The zero-order valence-electron chi connectivity index (χ0n) is 12.0. The summed E-state index contributed by atoms with van der Waals surface area (Å²) in [6.07, 6.45) is -0.269. The SMILES string of the molecule is CCN1CCOC(CS(=O)(=O)c2cc(N)ccc2C)C1. The van der Waals surface area contributed by atoms with Crippen LogP contribution in [0.4, 0.5) is 5.69 Å². The third-order valence-electron chi connectivity index (χ3n) is 3.62. The molecule has 20 heavy (non-hydrogen) atoms. The van der Waals surface area contributed by atoms with Crippen LogP contribution in [0.5, 0.6) is 0 Å². The molecule has 112 valence electrons. The Kier molecular flexibility index (Phi) is 4.67. The second-order valence-corrected chi connectivity index (χ2v) is 7.20. The molecule has 1 aliphatic rings. The molecule has 0 spiro atoms. The molecule has 1 atom stereocenters. The van der Waals surface area contributed by atoms with Gasteiger partial charge in [0.05, 0.1) is 23.4 Å². The number of hydrogen-bond donors (Lipinski definition) is 1. The van der Waals surface area contributed by atoms with Crippen molar-refractivity contribution in [1.82, 2.24) is 4.90 Å². The van der Waals surface area contributed by atoms with Gasteiger partial charge in [-0.15, -0.1) is 0 Å². The highest BCUT2D eigenvalue weighted by Gasteiger charge is 2.27. The van der Waals surface area contributed by atoms with Crippen LogP contribution in [0.15, 0.2) is 23.1 Å². The zero-order valence-corrected chi connectivity index (χ0v) is 12.8. The van der Waals surface area contributed by atoms with Gasteiger partial charge in [-0.25, -0.2) is 8.42 Å². The molecule has 0 aromatic heterocycles. The summed E-state index contributed by atoms with van der Waals surface area (Å²) < 4.78 is 30.6. The van der Waals surface area contributed by atoms with Gasteiger partial charge < -0.3 is 10.5 Å². The highest BCUT2D eigenvalue weighted by Crippen LogP contribution is 2.21. The van der Waals surface area contributed by atoms with Gasteiger partial charge in [0.15, 0.2) is 9.84 Å². The summed E-state index contributed by atoms with van der Waals surface area (Å²) in [7, 11) is -3.38. The van der Waals surface area contributed by atoms with Crippen LogP contribution in [0.25, 0.3) is 0 Å². The van der Waals surface area contributed by atoms with E-state index in [4.69, 9.17) is 10.5 Å². The number of sulfone groups is 1. The molecule has 1 aromatic rings. The third-order valence-corrected chi connectivity index (χ3v) is 5.54. The van der Waals surface area contributed by atoms with E-state index in [-0.39, 0.29) is 11.9 Å². The molecule has 1 unspecified atom stereocenters. The molecule has 1 fully saturated rings. The summed E-state index contributed by atoms with van der Waals surface area (Å²) in [4.78, 5) is 2.52. The molecule has 1 aromatic carbocycles. The van der Waals surface area contributed by atoms with Crippen molar-refractivity contribution in [2.24, 2.45) is 0 Å². The van der Waals surface area contributed by atoms with Crippen LogP contribution in [0.2, 0.25) is 0 Å². The van der Waals surface area contributed by atoms with Gasteiger partial charge in [0.25, 0.3) is 0 Å². The summed E-state index contributed by atoms with van der Waals surface area (Å²) in [5, 5.41) is 0. The van der Waals surface area contributed by atoms with Crippen LogP contribution in [0, 0.1) is 6.92 Å². The summed E-state index contributed by atoms with van der Waals surface area (Å²) in [6.45, 7) is 6.88. The van der Waals surface area contributed by atoms with Crippen LogP contribution < -0.4 is 5.73 Å². The number of nitrogens with two attached hydrogens (primary N) is 1. The minimum Gasteiger partial charge on any atom is -0.399 e. The number of benzene rings is 1. The standard InChI is InChI=1S/C14H22N2O3S/c1-3-16-6-7-19-13(9-16)10-20(17,18)14-8-12(15)5-4-11(14)2/h4-5,8,13H,3,6-7,9-10,15H2,1-2H3. The van der Waals surface area contributed by atoms with E-state index < -0.39 is 9.84 Å². The van der Waals surface area contributed by atoms with Gasteiger partial charge in [0.1, 0.15) is 0 Å². The lowest BCUT2D eigenvalue weighted by atomic mass is 10.2. The van der Waals surface area contributed by atoms with E-state index in [0.29, 0.717) is 23.7 Å². The Morgan fingerprint density at radius 2 is 2.20 bits per heavy atom. The van der Waals surface area contributed by atoms with Crippen LogP contribution >= 0.6 is 0 Å². The minimum atomic E-state index is -3.38. The Balaban J connectivity index is 2.16. The number of anilines is 1. The maximum atomic E-state index is 12.5. The van der Waals surface area contributed by atoms with Gasteiger partial charge in [0, 0.05) is 18.8 Å². The van der Waals surface area contributed by atoms with E-state index in [0.717, 1.165) is 18.7 Å². The molecule has 1 heterocycles. The first-order chi connectivity index (χ1) is 9.42. The molecule has 2 N–H and O–H groups in total. The lowest BCUT2D eigenvalue weighted by Crippen LogP contribution is -2.45. The first kappa shape index (κ1) is 15.3. The van der Waals surface area contributed by atoms with Gasteiger partial charge >= 0.3 is 0 Å². The second-order valence-electron chi connectivity index (χ2n) is 5.19. The minimum absolute atomic E-state index is 0.00773. The average molecular weight is 298 g/mol. The van der Waals surface area contributed by atoms with Crippen LogP contribution in [0.3, 0.4) is 0 Å². The van der Waals surface area contributed by atoms with Crippen molar-refractivity contribution in [2.45, 2.75) is 24.8 Å². The molecule has 5 nitrogen and oxygen atoms in total. The predicted molar refractivity (Wildman–Crippen MR) is 79.5 cm³/mol. The third kappa shape index (κ3) is 3.50. The lowest BCUT2D eigenvalue weighted by molar-refractivity contribution is -0.0145. The summed E-state index contributed by atoms with van der Waals surface area (Å²) >= 11 is 0. The van der Waals surface area contributed by atoms with Gasteiger partial charge in [0.2, 0.25) is 0 Å². The molecule has 2 rings (SSSR count). The number of morpholine rings is 1. The number of rotatable bonds is 4.